The van der Waals surface area contributed by atoms with E-state index in [1.165, 1.54) is 0 Å². The van der Waals surface area contributed by atoms with E-state index in [0.717, 1.165) is 12.8 Å². The molecule has 158 valence electrons. The largest absolute Gasteiger partial charge is 0.377 e. The second-order valence-corrected chi connectivity index (χ2v) is 5.46. The summed E-state index contributed by atoms with van der Waals surface area (Å²) >= 11 is 0. The molecule has 0 atom stereocenters. The van der Waals surface area contributed by atoms with Crippen molar-refractivity contribution < 1.29 is 33.3 Å². The third-order valence-corrected chi connectivity index (χ3v) is 3.11. The fourth-order valence-electron chi connectivity index (χ4n) is 1.73. The Morgan fingerprint density at radius 2 is 1.26 bits per heavy atom. The average molecular weight is 391 g/mol. The summed E-state index contributed by atoms with van der Waals surface area (Å²) in [6, 6.07) is 0. The number of unbranched alkanes of at least 4 members (excludes halogenated alkanes) is 1. The molecular formula is C17H33N3O7. The van der Waals surface area contributed by atoms with Gasteiger partial charge in [-0.1, -0.05) is 13.3 Å². The lowest BCUT2D eigenvalue weighted by Crippen LogP contribution is -2.31. The van der Waals surface area contributed by atoms with Gasteiger partial charge in [0.2, 0.25) is 18.2 Å². The molecule has 0 rings (SSSR count). The van der Waals surface area contributed by atoms with Gasteiger partial charge in [-0.25, -0.2) is 0 Å². The van der Waals surface area contributed by atoms with Gasteiger partial charge in [0.25, 0.3) is 0 Å². The number of hydrogen-bond acceptors (Lipinski definition) is 7. The van der Waals surface area contributed by atoms with Crippen LogP contribution >= 0.6 is 0 Å². The van der Waals surface area contributed by atoms with Crippen molar-refractivity contribution in [2.45, 2.75) is 19.8 Å². The molecule has 3 N–H and O–H groups in total. The number of rotatable bonds is 20. The van der Waals surface area contributed by atoms with Crippen molar-refractivity contribution >= 4 is 18.2 Å². The number of hydrogen-bond donors (Lipinski definition) is 3. The molecule has 10 nitrogen and oxygen atoms in total. The molecule has 0 aromatic carbocycles. The minimum absolute atomic E-state index is 0.0263. The predicted octanol–water partition coefficient (Wildman–Crippen LogP) is -1.17. The van der Waals surface area contributed by atoms with Crippen LogP contribution in [-0.4, -0.2) is 90.7 Å². The van der Waals surface area contributed by atoms with E-state index in [9.17, 15) is 14.4 Å². The topological polar surface area (TPSA) is 124 Å². The lowest BCUT2D eigenvalue weighted by Gasteiger charge is -2.08. The van der Waals surface area contributed by atoms with Crippen molar-refractivity contribution in [3.8, 4) is 0 Å². The maximum Gasteiger partial charge on any atom is 0.246 e. The average Bonchev–Trinajstić information content (AvgIpc) is 2.66. The summed E-state index contributed by atoms with van der Waals surface area (Å²) in [7, 11) is 0. The Hall–Kier alpha value is -1.75. The van der Waals surface area contributed by atoms with Gasteiger partial charge in [0.1, 0.15) is 13.2 Å². The molecule has 0 fully saturated rings. The van der Waals surface area contributed by atoms with Crippen LogP contribution in [0.1, 0.15) is 19.8 Å². The monoisotopic (exact) mass is 391 g/mol. The summed E-state index contributed by atoms with van der Waals surface area (Å²) in [4.78, 5) is 32.8. The van der Waals surface area contributed by atoms with E-state index in [-0.39, 0.29) is 25.0 Å². The Bertz CT molecular complexity index is 384. The minimum atomic E-state index is -0.235. The van der Waals surface area contributed by atoms with Gasteiger partial charge in [0, 0.05) is 19.6 Å². The smallest absolute Gasteiger partial charge is 0.246 e. The molecule has 0 unspecified atom stereocenters. The second-order valence-electron chi connectivity index (χ2n) is 5.46. The number of nitrogens with one attached hydrogen (secondary N) is 3. The van der Waals surface area contributed by atoms with E-state index < -0.39 is 0 Å². The van der Waals surface area contributed by atoms with Crippen molar-refractivity contribution in [3.05, 3.63) is 0 Å². The van der Waals surface area contributed by atoms with E-state index in [4.69, 9.17) is 18.9 Å². The number of carbonyl (C=O) groups excluding carboxylic acids is 3. The van der Waals surface area contributed by atoms with Crippen molar-refractivity contribution in [3.63, 3.8) is 0 Å². The van der Waals surface area contributed by atoms with Gasteiger partial charge in [-0.2, -0.15) is 0 Å². The Kier molecular flexibility index (Phi) is 19.2. The van der Waals surface area contributed by atoms with Crippen molar-refractivity contribution in [2.24, 2.45) is 0 Å². The van der Waals surface area contributed by atoms with Gasteiger partial charge in [-0.05, 0) is 6.42 Å². The number of amides is 3. The highest BCUT2D eigenvalue weighted by Crippen LogP contribution is 1.84. The van der Waals surface area contributed by atoms with Crippen LogP contribution in [-0.2, 0) is 33.3 Å². The number of carbonyl (C=O) groups is 3. The Labute approximate surface area is 160 Å². The molecule has 0 aliphatic rings. The van der Waals surface area contributed by atoms with E-state index in [0.29, 0.717) is 65.7 Å². The molecule has 3 amide bonds. The Balaban J connectivity index is 3.25. The van der Waals surface area contributed by atoms with Crippen LogP contribution in [0.4, 0.5) is 0 Å². The lowest BCUT2D eigenvalue weighted by molar-refractivity contribution is -0.127. The normalized spacial score (nSPS) is 10.4. The van der Waals surface area contributed by atoms with Crippen LogP contribution in [0, 0.1) is 0 Å². The molecule has 10 heteroatoms. The first-order valence-corrected chi connectivity index (χ1v) is 9.22. The third-order valence-electron chi connectivity index (χ3n) is 3.11. The standard InChI is InChI=1S/C17H33N3O7/c1-2-3-4-19-16(22)13-26-12-10-25-8-6-20-17(23)14-27-11-9-24-7-5-18-15-21/h15H,2-14H2,1H3,(H,18,21)(H,19,22)(H,20,23). The van der Waals surface area contributed by atoms with Crippen molar-refractivity contribution in [1.82, 2.24) is 16.0 Å². The van der Waals surface area contributed by atoms with Gasteiger partial charge in [-0.3, -0.25) is 14.4 Å². The van der Waals surface area contributed by atoms with Crippen LogP contribution in [0.5, 0.6) is 0 Å². The molecule has 27 heavy (non-hydrogen) atoms. The first-order valence-electron chi connectivity index (χ1n) is 9.22. The van der Waals surface area contributed by atoms with E-state index in [2.05, 4.69) is 22.9 Å². The van der Waals surface area contributed by atoms with Gasteiger partial charge >= 0.3 is 0 Å². The van der Waals surface area contributed by atoms with Gasteiger partial charge in [0.05, 0.1) is 39.6 Å². The Morgan fingerprint density at radius 3 is 1.81 bits per heavy atom. The molecule has 0 aliphatic carbocycles. The SMILES string of the molecule is CCCCNC(=O)COCCOCCNC(=O)COCCOCCNC=O. The van der Waals surface area contributed by atoms with Crippen LogP contribution in [0.15, 0.2) is 0 Å². The summed E-state index contributed by atoms with van der Waals surface area (Å²) in [5.41, 5.74) is 0. The maximum atomic E-state index is 11.5. The van der Waals surface area contributed by atoms with Crippen molar-refractivity contribution in [2.75, 3.05) is 72.5 Å². The second kappa shape index (κ2) is 20.6. The van der Waals surface area contributed by atoms with Gasteiger partial charge in [0.15, 0.2) is 0 Å². The molecule has 0 radical (unpaired) electrons. The Morgan fingerprint density at radius 1 is 0.741 bits per heavy atom. The molecule has 0 bridgehead atoms. The van der Waals surface area contributed by atoms with Gasteiger partial charge in [-0.15, -0.1) is 0 Å². The summed E-state index contributed by atoms with van der Waals surface area (Å²) in [5.74, 6) is -0.361. The van der Waals surface area contributed by atoms with E-state index in [1.807, 2.05) is 0 Å². The molecule has 0 saturated heterocycles. The van der Waals surface area contributed by atoms with Crippen LogP contribution in [0.3, 0.4) is 0 Å². The zero-order chi connectivity index (χ0) is 20.0. The summed E-state index contributed by atoms with van der Waals surface area (Å²) < 4.78 is 20.8. The minimum Gasteiger partial charge on any atom is -0.377 e. The third kappa shape index (κ3) is 20.4. The summed E-state index contributed by atoms with van der Waals surface area (Å²) in [5, 5.41) is 7.88. The highest BCUT2D eigenvalue weighted by molar-refractivity contribution is 5.77. The predicted molar refractivity (Wildman–Crippen MR) is 98.3 cm³/mol. The first kappa shape index (κ1) is 25.2. The van der Waals surface area contributed by atoms with Crippen LogP contribution < -0.4 is 16.0 Å². The maximum absolute atomic E-state index is 11.5. The number of ether oxygens (including phenoxy) is 4. The summed E-state index contributed by atoms with van der Waals surface area (Å²) in [6.07, 6.45) is 2.60. The fourth-order valence-corrected chi connectivity index (χ4v) is 1.73. The zero-order valence-electron chi connectivity index (χ0n) is 16.1. The molecular weight excluding hydrogens is 358 g/mol. The molecule has 0 heterocycles. The van der Waals surface area contributed by atoms with Crippen LogP contribution in [0.2, 0.25) is 0 Å². The van der Waals surface area contributed by atoms with Gasteiger partial charge < -0.3 is 34.9 Å². The zero-order valence-corrected chi connectivity index (χ0v) is 16.1. The molecule has 0 aromatic heterocycles. The van der Waals surface area contributed by atoms with E-state index >= 15 is 0 Å². The molecule has 0 saturated carbocycles. The highest BCUT2D eigenvalue weighted by Gasteiger charge is 2.02. The van der Waals surface area contributed by atoms with E-state index in [1.54, 1.807) is 0 Å². The fraction of sp³-hybridized carbons (Fsp3) is 0.824. The van der Waals surface area contributed by atoms with Crippen molar-refractivity contribution in [1.29, 1.82) is 0 Å². The summed E-state index contributed by atoms with van der Waals surface area (Å²) in [6.45, 7) is 5.60. The molecule has 0 aromatic rings. The first-order chi connectivity index (χ1) is 13.2. The molecule has 0 spiro atoms. The lowest BCUT2D eigenvalue weighted by atomic mass is 10.3. The van der Waals surface area contributed by atoms with Crippen LogP contribution in [0.25, 0.3) is 0 Å². The quantitative estimate of drug-likeness (QED) is 0.176. The highest BCUT2D eigenvalue weighted by atomic mass is 16.5. The molecule has 0 aliphatic heterocycles.